The summed E-state index contributed by atoms with van der Waals surface area (Å²) < 4.78 is 5.54. The summed E-state index contributed by atoms with van der Waals surface area (Å²) in [6.07, 6.45) is 0. The number of hydrogen-bond acceptors (Lipinski definition) is 6. The summed E-state index contributed by atoms with van der Waals surface area (Å²) in [5, 5.41) is 13.9. The van der Waals surface area contributed by atoms with Crippen LogP contribution < -0.4 is 10.1 Å². The van der Waals surface area contributed by atoms with Crippen molar-refractivity contribution in [2.75, 3.05) is 12.4 Å². The lowest BCUT2D eigenvalue weighted by atomic mass is 10.2. The first-order valence-corrected chi connectivity index (χ1v) is 5.96. The van der Waals surface area contributed by atoms with Crippen LogP contribution in [0.15, 0.2) is 24.3 Å². The first kappa shape index (κ1) is 13.7. The monoisotopic (exact) mass is 274 g/mol. The zero-order chi connectivity index (χ0) is 14.7. The second-order valence-electron chi connectivity index (χ2n) is 4.20. The summed E-state index contributed by atoms with van der Waals surface area (Å²) in [5.41, 5.74) is 1.18. The molecule has 0 aliphatic rings. The molecule has 0 saturated carbocycles. The minimum atomic E-state index is -0.461. The molecule has 1 aromatic carbocycles. The van der Waals surface area contributed by atoms with Crippen molar-refractivity contribution in [1.29, 1.82) is 0 Å². The van der Waals surface area contributed by atoms with Crippen molar-refractivity contribution in [3.8, 4) is 11.6 Å². The van der Waals surface area contributed by atoms with Crippen molar-refractivity contribution in [3.05, 3.63) is 45.6 Å². The molecule has 2 aromatic rings. The van der Waals surface area contributed by atoms with Crippen molar-refractivity contribution in [2.24, 2.45) is 0 Å². The number of nitrogens with one attached hydrogen (secondary N) is 1. The van der Waals surface area contributed by atoms with E-state index in [0.29, 0.717) is 17.2 Å². The van der Waals surface area contributed by atoms with Gasteiger partial charge >= 0.3 is 5.69 Å². The average molecular weight is 274 g/mol. The third-order valence-electron chi connectivity index (χ3n) is 2.65. The van der Waals surface area contributed by atoms with Gasteiger partial charge in [0.25, 0.3) is 0 Å². The number of ether oxygens (including phenoxy) is 1. The summed E-state index contributed by atoms with van der Waals surface area (Å²) in [5.74, 6) is 0.820. The molecular weight excluding hydrogens is 260 g/mol. The van der Waals surface area contributed by atoms with E-state index in [1.807, 2.05) is 0 Å². The Labute approximate surface area is 115 Å². The summed E-state index contributed by atoms with van der Waals surface area (Å²) >= 11 is 0. The Morgan fingerprint density at radius 3 is 2.70 bits per heavy atom. The maximum absolute atomic E-state index is 11.1. The highest BCUT2D eigenvalue weighted by Gasteiger charge is 2.19. The predicted octanol–water partition coefficient (Wildman–Crippen LogP) is 2.84. The summed E-state index contributed by atoms with van der Waals surface area (Å²) in [4.78, 5) is 18.9. The van der Waals surface area contributed by atoms with E-state index in [4.69, 9.17) is 4.74 Å². The molecule has 1 N–H and O–H groups in total. The molecule has 0 aliphatic carbocycles. The number of benzene rings is 1. The molecular formula is C13H14N4O3. The van der Waals surface area contributed by atoms with Crippen molar-refractivity contribution in [1.82, 2.24) is 9.97 Å². The number of para-hydroxylation sites is 1. The Morgan fingerprint density at radius 1 is 1.30 bits per heavy atom. The van der Waals surface area contributed by atoms with Gasteiger partial charge in [-0.25, -0.2) is 4.98 Å². The Morgan fingerprint density at radius 2 is 2.05 bits per heavy atom. The summed E-state index contributed by atoms with van der Waals surface area (Å²) in [7, 11) is 1.69. The van der Waals surface area contributed by atoms with Crippen LogP contribution in [0.4, 0.5) is 11.6 Å². The summed E-state index contributed by atoms with van der Waals surface area (Å²) in [6.45, 7) is 3.45. The lowest BCUT2D eigenvalue weighted by Gasteiger charge is -2.08. The molecule has 20 heavy (non-hydrogen) atoms. The van der Waals surface area contributed by atoms with E-state index in [2.05, 4.69) is 15.3 Å². The highest BCUT2D eigenvalue weighted by Crippen LogP contribution is 2.33. The van der Waals surface area contributed by atoms with Crippen molar-refractivity contribution >= 4 is 11.6 Å². The third-order valence-corrected chi connectivity index (χ3v) is 2.65. The molecule has 0 atom stereocenters. The van der Waals surface area contributed by atoms with E-state index < -0.39 is 4.92 Å². The Hall–Kier alpha value is -2.70. The van der Waals surface area contributed by atoms with Crippen LogP contribution in [0.2, 0.25) is 0 Å². The second kappa shape index (κ2) is 5.52. The van der Waals surface area contributed by atoms with Crippen LogP contribution in [-0.4, -0.2) is 21.9 Å². The number of nitro groups is 1. The van der Waals surface area contributed by atoms with Gasteiger partial charge in [-0.1, -0.05) is 12.1 Å². The van der Waals surface area contributed by atoms with Gasteiger partial charge in [0, 0.05) is 24.4 Å². The average Bonchev–Trinajstić information content (AvgIpc) is 2.37. The molecule has 0 saturated heterocycles. The number of aryl methyl sites for hydroxylation is 2. The lowest BCUT2D eigenvalue weighted by Crippen LogP contribution is -2.01. The fraction of sp³-hybridized carbons (Fsp3) is 0.231. The zero-order valence-corrected chi connectivity index (χ0v) is 11.4. The van der Waals surface area contributed by atoms with Crippen LogP contribution in [0, 0.1) is 24.0 Å². The molecule has 0 spiro atoms. The van der Waals surface area contributed by atoms with Crippen LogP contribution in [0.3, 0.4) is 0 Å². The largest absolute Gasteiger partial charge is 0.432 e. The standard InChI is InChI=1S/C13H14N4O3/c1-8-5-4-6-10(12(8)17(18)19)20-11-7-9(2)15-13(14-3)16-11/h4-7H,1-3H3,(H,14,15,16). The molecule has 1 aromatic heterocycles. The van der Waals surface area contributed by atoms with E-state index in [-0.39, 0.29) is 17.3 Å². The molecule has 104 valence electrons. The third kappa shape index (κ3) is 2.82. The smallest absolute Gasteiger partial charge is 0.314 e. The van der Waals surface area contributed by atoms with Crippen LogP contribution in [0.1, 0.15) is 11.3 Å². The number of anilines is 1. The van der Waals surface area contributed by atoms with E-state index in [1.54, 1.807) is 45.2 Å². The van der Waals surface area contributed by atoms with Crippen LogP contribution in [0.5, 0.6) is 11.6 Å². The van der Waals surface area contributed by atoms with E-state index >= 15 is 0 Å². The number of nitrogens with zero attached hydrogens (tertiary/aromatic N) is 3. The topological polar surface area (TPSA) is 90.2 Å². The minimum Gasteiger partial charge on any atom is -0.432 e. The SMILES string of the molecule is CNc1nc(C)cc(Oc2cccc(C)c2[N+](=O)[O-])n1. The Kier molecular flexibility index (Phi) is 3.79. The van der Waals surface area contributed by atoms with Gasteiger partial charge in [0.05, 0.1) is 4.92 Å². The minimum absolute atomic E-state index is 0.0604. The lowest BCUT2D eigenvalue weighted by molar-refractivity contribution is -0.386. The molecule has 7 heteroatoms. The Balaban J connectivity index is 2.42. The highest BCUT2D eigenvalue weighted by atomic mass is 16.6. The molecule has 0 bridgehead atoms. The molecule has 0 unspecified atom stereocenters. The second-order valence-corrected chi connectivity index (χ2v) is 4.20. The fourth-order valence-electron chi connectivity index (χ4n) is 1.76. The first-order chi connectivity index (χ1) is 9.51. The maximum atomic E-state index is 11.1. The number of nitro benzene ring substituents is 1. The van der Waals surface area contributed by atoms with Crippen LogP contribution in [0.25, 0.3) is 0 Å². The Bertz CT molecular complexity index is 658. The molecule has 1 heterocycles. The van der Waals surface area contributed by atoms with E-state index in [9.17, 15) is 10.1 Å². The normalized spacial score (nSPS) is 10.2. The molecule has 0 amide bonds. The van der Waals surface area contributed by atoms with E-state index in [1.165, 1.54) is 0 Å². The van der Waals surface area contributed by atoms with E-state index in [0.717, 1.165) is 0 Å². The van der Waals surface area contributed by atoms with Crippen molar-refractivity contribution in [2.45, 2.75) is 13.8 Å². The zero-order valence-electron chi connectivity index (χ0n) is 11.4. The van der Waals surface area contributed by atoms with Gasteiger partial charge in [0.1, 0.15) is 0 Å². The first-order valence-electron chi connectivity index (χ1n) is 5.96. The van der Waals surface area contributed by atoms with Gasteiger partial charge in [-0.05, 0) is 19.9 Å². The van der Waals surface area contributed by atoms with Gasteiger partial charge in [0.2, 0.25) is 17.6 Å². The molecule has 2 rings (SSSR count). The molecule has 0 aliphatic heterocycles. The fourth-order valence-corrected chi connectivity index (χ4v) is 1.76. The summed E-state index contributed by atoms with van der Waals surface area (Å²) in [6, 6.07) is 6.52. The van der Waals surface area contributed by atoms with Crippen molar-refractivity contribution < 1.29 is 9.66 Å². The predicted molar refractivity (Wildman–Crippen MR) is 74.2 cm³/mol. The van der Waals surface area contributed by atoms with Gasteiger partial charge in [-0.2, -0.15) is 4.98 Å². The van der Waals surface area contributed by atoms with Crippen LogP contribution in [-0.2, 0) is 0 Å². The van der Waals surface area contributed by atoms with Gasteiger partial charge in [-0.15, -0.1) is 0 Å². The quantitative estimate of drug-likeness (QED) is 0.681. The molecule has 0 fully saturated rings. The molecule has 7 nitrogen and oxygen atoms in total. The van der Waals surface area contributed by atoms with Gasteiger partial charge < -0.3 is 10.1 Å². The number of hydrogen-bond donors (Lipinski definition) is 1. The maximum Gasteiger partial charge on any atom is 0.314 e. The van der Waals surface area contributed by atoms with Gasteiger partial charge in [0.15, 0.2) is 0 Å². The van der Waals surface area contributed by atoms with Crippen molar-refractivity contribution in [3.63, 3.8) is 0 Å². The number of aromatic nitrogens is 2. The number of rotatable bonds is 4. The molecule has 0 radical (unpaired) electrons. The van der Waals surface area contributed by atoms with Gasteiger partial charge in [-0.3, -0.25) is 10.1 Å². The van der Waals surface area contributed by atoms with Crippen LogP contribution >= 0.6 is 0 Å². The highest BCUT2D eigenvalue weighted by molar-refractivity contribution is 5.53.